The van der Waals surface area contributed by atoms with Gasteiger partial charge in [0.1, 0.15) is 0 Å². The summed E-state index contributed by atoms with van der Waals surface area (Å²) in [5, 5.41) is 4.88. The molecule has 0 amide bonds. The van der Waals surface area contributed by atoms with Crippen molar-refractivity contribution in [1.82, 2.24) is 14.6 Å². The van der Waals surface area contributed by atoms with Gasteiger partial charge in [-0.15, -0.1) is 0 Å². The summed E-state index contributed by atoms with van der Waals surface area (Å²) in [5.74, 6) is 0.497. The van der Waals surface area contributed by atoms with Crippen LogP contribution in [0.5, 0.6) is 0 Å². The first kappa shape index (κ1) is 15.0. The molecular weight excluding hydrogens is 312 g/mol. The molecule has 0 atom stereocenters. The monoisotopic (exact) mass is 326 g/mol. The number of hydrogen-bond donors (Lipinski definition) is 0. The molecule has 0 fully saturated rings. The first-order valence-electron chi connectivity index (χ1n) is 7.85. The highest BCUT2D eigenvalue weighted by Crippen LogP contribution is 2.18. The standard InChI is InChI=1S/C20H14N4O/c25-20-17-11-4-5-12-18(17)23-19(15-8-2-1-3-9-15)24(20)22-14-16-10-6-7-13-21-16/h1-14H. The molecule has 0 aliphatic rings. The molecule has 0 spiro atoms. The second kappa shape index (κ2) is 6.49. The van der Waals surface area contributed by atoms with Crippen molar-refractivity contribution in [3.63, 3.8) is 0 Å². The minimum absolute atomic E-state index is 0.211. The second-order valence-corrected chi connectivity index (χ2v) is 5.43. The lowest BCUT2D eigenvalue weighted by Gasteiger charge is -2.09. The van der Waals surface area contributed by atoms with E-state index in [1.165, 1.54) is 4.68 Å². The maximum Gasteiger partial charge on any atom is 0.282 e. The SMILES string of the molecule is O=c1c2ccccc2nc(-c2ccccc2)n1N=Cc1ccccn1. The number of benzene rings is 2. The van der Waals surface area contributed by atoms with E-state index < -0.39 is 0 Å². The molecule has 0 N–H and O–H groups in total. The lowest BCUT2D eigenvalue weighted by atomic mass is 10.2. The molecule has 0 saturated heterocycles. The van der Waals surface area contributed by atoms with E-state index in [4.69, 9.17) is 0 Å². The van der Waals surface area contributed by atoms with Gasteiger partial charge in [0.2, 0.25) is 0 Å². The van der Waals surface area contributed by atoms with E-state index in [1.54, 1.807) is 18.5 Å². The van der Waals surface area contributed by atoms with Crippen molar-refractivity contribution >= 4 is 17.1 Å². The van der Waals surface area contributed by atoms with Gasteiger partial charge in [-0.05, 0) is 24.3 Å². The number of fused-ring (bicyclic) bond motifs is 1. The van der Waals surface area contributed by atoms with Crippen LogP contribution in [0, 0.1) is 0 Å². The molecule has 0 unspecified atom stereocenters. The Kier molecular flexibility index (Phi) is 3.88. The van der Waals surface area contributed by atoms with Crippen molar-refractivity contribution in [2.45, 2.75) is 0 Å². The highest BCUT2D eigenvalue weighted by atomic mass is 16.1. The van der Waals surface area contributed by atoms with Gasteiger partial charge in [-0.2, -0.15) is 9.78 Å². The number of rotatable bonds is 3. The lowest BCUT2D eigenvalue weighted by molar-refractivity contribution is 0.829. The summed E-state index contributed by atoms with van der Waals surface area (Å²) in [4.78, 5) is 21.8. The number of hydrogen-bond acceptors (Lipinski definition) is 4. The van der Waals surface area contributed by atoms with Crippen LogP contribution < -0.4 is 5.56 Å². The van der Waals surface area contributed by atoms with Gasteiger partial charge in [-0.1, -0.05) is 48.5 Å². The fourth-order valence-corrected chi connectivity index (χ4v) is 2.57. The summed E-state index contributed by atoms with van der Waals surface area (Å²) >= 11 is 0. The van der Waals surface area contributed by atoms with Gasteiger partial charge in [-0.3, -0.25) is 9.78 Å². The summed E-state index contributed by atoms with van der Waals surface area (Å²) in [7, 11) is 0. The van der Waals surface area contributed by atoms with E-state index in [2.05, 4.69) is 15.1 Å². The molecule has 25 heavy (non-hydrogen) atoms. The minimum Gasteiger partial charge on any atom is -0.267 e. The number of nitrogens with zero attached hydrogens (tertiary/aromatic N) is 4. The Hall–Kier alpha value is -3.60. The van der Waals surface area contributed by atoms with Crippen LogP contribution in [0.4, 0.5) is 0 Å². The molecule has 5 nitrogen and oxygen atoms in total. The molecule has 2 aromatic carbocycles. The van der Waals surface area contributed by atoms with Gasteiger partial charge < -0.3 is 0 Å². The molecule has 0 aliphatic heterocycles. The Bertz CT molecular complexity index is 1100. The molecular formula is C20H14N4O. The maximum atomic E-state index is 12.9. The van der Waals surface area contributed by atoms with E-state index in [0.717, 1.165) is 5.56 Å². The topological polar surface area (TPSA) is 60.1 Å². The molecule has 0 bridgehead atoms. The van der Waals surface area contributed by atoms with E-state index >= 15 is 0 Å². The predicted octanol–water partition coefficient (Wildman–Crippen LogP) is 3.34. The lowest BCUT2D eigenvalue weighted by Crippen LogP contribution is -2.20. The molecule has 2 aromatic heterocycles. The van der Waals surface area contributed by atoms with Crippen LogP contribution >= 0.6 is 0 Å². The van der Waals surface area contributed by atoms with Gasteiger partial charge in [0.05, 0.1) is 22.8 Å². The van der Waals surface area contributed by atoms with E-state index in [-0.39, 0.29) is 5.56 Å². The van der Waals surface area contributed by atoms with Gasteiger partial charge >= 0.3 is 0 Å². The van der Waals surface area contributed by atoms with E-state index in [0.29, 0.717) is 22.4 Å². The Morgan fingerprint density at radius 1 is 0.880 bits per heavy atom. The number of aromatic nitrogens is 3. The Morgan fingerprint density at radius 2 is 1.64 bits per heavy atom. The summed E-state index contributed by atoms with van der Waals surface area (Å²) < 4.78 is 1.33. The van der Waals surface area contributed by atoms with Gasteiger partial charge in [0, 0.05) is 11.8 Å². The van der Waals surface area contributed by atoms with E-state index in [9.17, 15) is 4.79 Å². The smallest absolute Gasteiger partial charge is 0.267 e. The molecule has 5 heteroatoms. The van der Waals surface area contributed by atoms with Crippen molar-refractivity contribution in [3.8, 4) is 11.4 Å². The molecule has 0 saturated carbocycles. The molecule has 0 radical (unpaired) electrons. The summed E-state index contributed by atoms with van der Waals surface area (Å²) in [6, 6.07) is 22.3. The van der Waals surface area contributed by atoms with Crippen molar-refractivity contribution in [2.75, 3.05) is 0 Å². The minimum atomic E-state index is -0.211. The van der Waals surface area contributed by atoms with Crippen molar-refractivity contribution < 1.29 is 0 Å². The first-order valence-corrected chi connectivity index (χ1v) is 7.85. The molecule has 4 aromatic rings. The number of para-hydroxylation sites is 1. The van der Waals surface area contributed by atoms with Gasteiger partial charge in [-0.25, -0.2) is 4.98 Å². The van der Waals surface area contributed by atoms with Gasteiger partial charge in [0.15, 0.2) is 5.82 Å². The van der Waals surface area contributed by atoms with Crippen LogP contribution in [-0.2, 0) is 0 Å². The third-order valence-corrected chi connectivity index (χ3v) is 3.78. The third kappa shape index (κ3) is 2.95. The summed E-state index contributed by atoms with van der Waals surface area (Å²) in [6.07, 6.45) is 3.24. The van der Waals surface area contributed by atoms with Crippen molar-refractivity contribution in [2.24, 2.45) is 5.10 Å². The molecule has 120 valence electrons. The molecule has 2 heterocycles. The van der Waals surface area contributed by atoms with Gasteiger partial charge in [0.25, 0.3) is 5.56 Å². The van der Waals surface area contributed by atoms with Crippen LogP contribution in [0.15, 0.2) is 88.9 Å². The summed E-state index contributed by atoms with van der Waals surface area (Å²) in [5.41, 5.74) is 1.93. The average molecular weight is 326 g/mol. The highest BCUT2D eigenvalue weighted by Gasteiger charge is 2.11. The third-order valence-electron chi connectivity index (χ3n) is 3.78. The van der Waals surface area contributed by atoms with Crippen LogP contribution in [0.3, 0.4) is 0 Å². The zero-order valence-corrected chi connectivity index (χ0v) is 13.3. The molecule has 0 aliphatic carbocycles. The second-order valence-electron chi connectivity index (χ2n) is 5.43. The normalized spacial score (nSPS) is 11.2. The average Bonchev–Trinajstić information content (AvgIpc) is 2.69. The first-order chi connectivity index (χ1) is 12.3. The maximum absolute atomic E-state index is 12.9. The van der Waals surface area contributed by atoms with Crippen LogP contribution in [0.1, 0.15) is 5.69 Å². The van der Waals surface area contributed by atoms with Crippen molar-refractivity contribution in [3.05, 3.63) is 95.0 Å². The zero-order chi connectivity index (χ0) is 17.1. The Balaban J connectivity index is 1.96. The van der Waals surface area contributed by atoms with Crippen LogP contribution in [0.25, 0.3) is 22.3 Å². The predicted molar refractivity (Wildman–Crippen MR) is 98.7 cm³/mol. The summed E-state index contributed by atoms with van der Waals surface area (Å²) in [6.45, 7) is 0. The largest absolute Gasteiger partial charge is 0.282 e. The van der Waals surface area contributed by atoms with Crippen LogP contribution in [0.2, 0.25) is 0 Å². The fraction of sp³-hybridized carbons (Fsp3) is 0. The number of pyridine rings is 1. The highest BCUT2D eigenvalue weighted by molar-refractivity contribution is 5.81. The van der Waals surface area contributed by atoms with Crippen molar-refractivity contribution in [1.29, 1.82) is 0 Å². The Morgan fingerprint density at radius 3 is 2.44 bits per heavy atom. The van der Waals surface area contributed by atoms with Crippen LogP contribution in [-0.4, -0.2) is 20.9 Å². The molecule has 4 rings (SSSR count). The fourth-order valence-electron chi connectivity index (χ4n) is 2.57. The van der Waals surface area contributed by atoms with E-state index in [1.807, 2.05) is 66.7 Å². The Labute approximate surface area is 143 Å². The zero-order valence-electron chi connectivity index (χ0n) is 13.3. The quantitative estimate of drug-likeness (QED) is 0.543.